The van der Waals surface area contributed by atoms with Crippen LogP contribution in [-0.4, -0.2) is 14.1 Å². The van der Waals surface area contributed by atoms with Gasteiger partial charge in [0, 0.05) is 0 Å². The van der Waals surface area contributed by atoms with Crippen LogP contribution in [0.2, 0.25) is 10.6 Å². The zero-order chi connectivity index (χ0) is 12.8. The van der Waals surface area contributed by atoms with Crippen molar-refractivity contribution >= 4 is 14.1 Å². The van der Waals surface area contributed by atoms with E-state index < -0.39 is 14.1 Å². The van der Waals surface area contributed by atoms with Gasteiger partial charge in [-0.3, -0.25) is 0 Å². The van der Waals surface area contributed by atoms with E-state index in [1.54, 1.807) is 5.56 Å². The Balaban J connectivity index is 2.75. The van der Waals surface area contributed by atoms with Crippen LogP contribution in [0.1, 0.15) is 45.0 Å². The zero-order valence-electron chi connectivity index (χ0n) is 12.1. The van der Waals surface area contributed by atoms with Crippen molar-refractivity contribution in [2.45, 2.75) is 50.0 Å². The van der Waals surface area contributed by atoms with Crippen molar-refractivity contribution in [3.05, 3.63) is 35.9 Å². The van der Waals surface area contributed by atoms with Crippen LogP contribution in [0.5, 0.6) is 0 Å². The first-order chi connectivity index (χ1) is 8.00. The van der Waals surface area contributed by atoms with E-state index >= 15 is 0 Å². The van der Waals surface area contributed by atoms with Crippen molar-refractivity contribution in [3.8, 4) is 0 Å². The molecule has 0 nitrogen and oxygen atoms in total. The van der Waals surface area contributed by atoms with Gasteiger partial charge in [-0.15, -0.1) is 0 Å². The van der Waals surface area contributed by atoms with E-state index in [4.69, 9.17) is 0 Å². The Kier molecular flexibility index (Phi) is 6.31. The second-order valence-corrected chi connectivity index (χ2v) is 9.68. The van der Waals surface area contributed by atoms with E-state index in [1.807, 2.05) is 0 Å². The molecule has 0 spiro atoms. The molecule has 17 heavy (non-hydrogen) atoms. The van der Waals surface area contributed by atoms with Gasteiger partial charge in [-0.2, -0.15) is 0 Å². The summed E-state index contributed by atoms with van der Waals surface area (Å²) in [6.45, 7) is 11.9. The van der Waals surface area contributed by atoms with Crippen LogP contribution >= 0.6 is 0 Å². The maximum Gasteiger partial charge on any atom is 0.271 e. The van der Waals surface area contributed by atoms with Crippen molar-refractivity contribution in [2.24, 2.45) is 11.8 Å². The minimum atomic E-state index is -0.670. The SMILES string of the molecule is CC(C)[CH2][Al]([CH2]C(C)C)[CH](C)c1ccccc1. The Morgan fingerprint density at radius 3 is 1.71 bits per heavy atom. The molecule has 0 N–H and O–H groups in total. The van der Waals surface area contributed by atoms with E-state index in [2.05, 4.69) is 65.0 Å². The highest BCUT2D eigenvalue weighted by atomic mass is 27.2. The van der Waals surface area contributed by atoms with E-state index in [0.717, 1.165) is 16.6 Å². The first-order valence-electron chi connectivity index (χ1n) is 7.05. The maximum absolute atomic E-state index is 2.46. The average Bonchev–Trinajstić information content (AvgIpc) is 2.27. The third-order valence-electron chi connectivity index (χ3n) is 3.58. The number of rotatable bonds is 6. The molecule has 0 radical (unpaired) electrons. The molecule has 0 aliphatic carbocycles. The molecule has 0 saturated carbocycles. The monoisotopic (exact) mass is 246 g/mol. The molecule has 1 aromatic carbocycles. The zero-order valence-corrected chi connectivity index (χ0v) is 13.3. The minimum Gasteiger partial charge on any atom is -0.0911 e. The number of hydrogen-bond donors (Lipinski definition) is 0. The van der Waals surface area contributed by atoms with Crippen molar-refractivity contribution < 1.29 is 0 Å². The van der Waals surface area contributed by atoms with E-state index in [-0.39, 0.29) is 0 Å². The lowest BCUT2D eigenvalue weighted by Gasteiger charge is -2.23. The lowest BCUT2D eigenvalue weighted by molar-refractivity contribution is 0.678. The summed E-state index contributed by atoms with van der Waals surface area (Å²) in [5.74, 6) is 1.72. The molecule has 0 bridgehead atoms. The van der Waals surface area contributed by atoms with Crippen LogP contribution in [-0.2, 0) is 0 Å². The predicted molar refractivity (Wildman–Crippen MR) is 79.9 cm³/mol. The van der Waals surface area contributed by atoms with Gasteiger partial charge in [-0.25, -0.2) is 0 Å². The van der Waals surface area contributed by atoms with Gasteiger partial charge in [0.15, 0.2) is 0 Å². The highest BCUT2D eigenvalue weighted by molar-refractivity contribution is 6.60. The summed E-state index contributed by atoms with van der Waals surface area (Å²) < 4.78 is 0.820. The van der Waals surface area contributed by atoms with Crippen molar-refractivity contribution in [1.82, 2.24) is 0 Å². The van der Waals surface area contributed by atoms with Crippen molar-refractivity contribution in [3.63, 3.8) is 0 Å². The smallest absolute Gasteiger partial charge is 0.0911 e. The molecule has 0 aromatic heterocycles. The number of benzene rings is 1. The van der Waals surface area contributed by atoms with Gasteiger partial charge < -0.3 is 0 Å². The van der Waals surface area contributed by atoms with Gasteiger partial charge in [0.2, 0.25) is 0 Å². The van der Waals surface area contributed by atoms with Crippen molar-refractivity contribution in [2.75, 3.05) is 0 Å². The number of hydrogen-bond acceptors (Lipinski definition) is 0. The quantitative estimate of drug-likeness (QED) is 0.610. The van der Waals surface area contributed by atoms with Crippen LogP contribution in [0.25, 0.3) is 0 Å². The molecule has 1 atom stereocenters. The molecule has 94 valence electrons. The van der Waals surface area contributed by atoms with E-state index in [0.29, 0.717) is 0 Å². The van der Waals surface area contributed by atoms with Gasteiger partial charge in [0.25, 0.3) is 14.1 Å². The Morgan fingerprint density at radius 1 is 0.824 bits per heavy atom. The molecule has 0 fully saturated rings. The molecule has 1 heteroatoms. The second kappa shape index (κ2) is 7.25. The summed E-state index contributed by atoms with van der Waals surface area (Å²) in [6.07, 6.45) is 0. The predicted octanol–water partition coefficient (Wildman–Crippen LogP) is 5.14. The Bertz CT molecular complexity index is 293. The fourth-order valence-electron chi connectivity index (χ4n) is 2.74. The summed E-state index contributed by atoms with van der Waals surface area (Å²) in [6, 6.07) is 11.1. The fraction of sp³-hybridized carbons (Fsp3) is 0.625. The topological polar surface area (TPSA) is 0 Å². The summed E-state index contributed by atoms with van der Waals surface area (Å²) in [7, 11) is 0. The van der Waals surface area contributed by atoms with Gasteiger partial charge in [0.1, 0.15) is 0 Å². The average molecular weight is 246 g/mol. The first kappa shape index (κ1) is 14.8. The second-order valence-electron chi connectivity index (χ2n) is 6.22. The third-order valence-corrected chi connectivity index (χ3v) is 8.48. The van der Waals surface area contributed by atoms with Crippen LogP contribution in [0.15, 0.2) is 30.3 Å². The van der Waals surface area contributed by atoms with Crippen LogP contribution in [0.3, 0.4) is 0 Å². The molecular weight excluding hydrogens is 219 g/mol. The summed E-state index contributed by atoms with van der Waals surface area (Å²) >= 11 is -0.670. The first-order valence-corrected chi connectivity index (χ1v) is 9.35. The highest BCUT2D eigenvalue weighted by Crippen LogP contribution is 2.27. The fourth-order valence-corrected chi connectivity index (χ4v) is 6.94. The molecule has 0 heterocycles. The Labute approximate surface area is 112 Å². The lowest BCUT2D eigenvalue weighted by atomic mass is 10.2. The molecule has 0 amide bonds. The van der Waals surface area contributed by atoms with Crippen LogP contribution in [0.4, 0.5) is 0 Å². The lowest BCUT2D eigenvalue weighted by Crippen LogP contribution is -2.25. The molecule has 1 rings (SSSR count). The Hall–Kier alpha value is -0.248. The normalized spacial score (nSPS) is 13.1. The molecule has 1 unspecified atom stereocenters. The Morgan fingerprint density at radius 2 is 1.29 bits per heavy atom. The summed E-state index contributed by atoms with van der Waals surface area (Å²) in [5, 5.41) is 2.96. The van der Waals surface area contributed by atoms with Gasteiger partial charge in [-0.1, -0.05) is 97.7 Å². The van der Waals surface area contributed by atoms with Crippen molar-refractivity contribution in [1.29, 1.82) is 0 Å². The summed E-state index contributed by atoms with van der Waals surface area (Å²) in [4.78, 5) is 0. The van der Waals surface area contributed by atoms with E-state index in [1.165, 1.54) is 10.6 Å². The minimum absolute atomic E-state index is 0.670. The molecule has 0 aliphatic rings. The molecule has 0 saturated heterocycles. The van der Waals surface area contributed by atoms with Gasteiger partial charge >= 0.3 is 0 Å². The van der Waals surface area contributed by atoms with Crippen LogP contribution < -0.4 is 0 Å². The third kappa shape index (κ3) is 5.28. The van der Waals surface area contributed by atoms with Crippen LogP contribution in [0, 0.1) is 11.8 Å². The largest absolute Gasteiger partial charge is 0.271 e. The van der Waals surface area contributed by atoms with Gasteiger partial charge in [0.05, 0.1) is 0 Å². The highest BCUT2D eigenvalue weighted by Gasteiger charge is 2.27. The summed E-state index contributed by atoms with van der Waals surface area (Å²) in [5.41, 5.74) is 1.56. The molecule has 0 aliphatic heterocycles. The van der Waals surface area contributed by atoms with E-state index in [9.17, 15) is 0 Å². The molecular formula is C16H27Al. The van der Waals surface area contributed by atoms with Gasteiger partial charge in [-0.05, 0) is 0 Å². The standard InChI is InChI=1S/C8H9.2C4H9.Al/c1-2-8-6-4-3-5-7-8;2*1-4(2)3;/h2-7H,1H3;2*4H,1H2,2-3H3;. The maximum atomic E-state index is 2.46. The molecule has 1 aromatic rings.